The first kappa shape index (κ1) is 19.7. The lowest BCUT2D eigenvalue weighted by Crippen LogP contribution is -2.19. The van der Waals surface area contributed by atoms with Gasteiger partial charge >= 0.3 is 0 Å². The summed E-state index contributed by atoms with van der Waals surface area (Å²) in [6.07, 6.45) is 0.615. The highest BCUT2D eigenvalue weighted by atomic mass is 32.2. The van der Waals surface area contributed by atoms with Crippen molar-refractivity contribution in [2.75, 3.05) is 5.75 Å². The molecule has 0 radical (unpaired) electrons. The Balaban J connectivity index is 2.00. The third kappa shape index (κ3) is 4.92. The van der Waals surface area contributed by atoms with E-state index in [-0.39, 0.29) is 15.5 Å². The molecule has 0 bridgehead atoms. The molecule has 6 heteroatoms. The maximum Gasteiger partial charge on any atom is 0.180 e. The van der Waals surface area contributed by atoms with Gasteiger partial charge in [-0.15, -0.1) is 0 Å². The molecule has 0 amide bonds. The molecule has 0 N–H and O–H groups in total. The molecule has 0 heterocycles. The maximum atomic E-state index is 12.6. The molecule has 0 aliphatic rings. The molecule has 136 valence electrons. The van der Waals surface area contributed by atoms with E-state index in [0.717, 1.165) is 11.1 Å². The molecule has 2 aromatic carbocycles. The van der Waals surface area contributed by atoms with E-state index in [1.165, 1.54) is 0 Å². The first-order valence-electron chi connectivity index (χ1n) is 8.23. The summed E-state index contributed by atoms with van der Waals surface area (Å²) in [5, 5.41) is -0.622. The van der Waals surface area contributed by atoms with Crippen molar-refractivity contribution in [2.45, 2.75) is 48.7 Å². The number of hydrogen-bond donors (Lipinski definition) is 0. The second-order valence-corrected chi connectivity index (χ2v) is 10.9. The Morgan fingerprint density at radius 1 is 0.760 bits per heavy atom. The van der Waals surface area contributed by atoms with Crippen molar-refractivity contribution >= 4 is 19.7 Å². The van der Waals surface area contributed by atoms with Crippen LogP contribution in [0.2, 0.25) is 0 Å². The fourth-order valence-corrected chi connectivity index (χ4v) is 5.33. The molecule has 0 spiro atoms. The first-order valence-corrected chi connectivity index (χ1v) is 11.4. The van der Waals surface area contributed by atoms with Gasteiger partial charge in [0.05, 0.1) is 20.8 Å². The summed E-state index contributed by atoms with van der Waals surface area (Å²) in [7, 11) is -6.82. The van der Waals surface area contributed by atoms with Crippen LogP contribution in [-0.2, 0) is 19.7 Å². The van der Waals surface area contributed by atoms with E-state index in [2.05, 4.69) is 0 Å². The van der Waals surface area contributed by atoms with E-state index in [0.29, 0.717) is 12.8 Å². The summed E-state index contributed by atoms with van der Waals surface area (Å²) in [5.74, 6) is -0.0518. The van der Waals surface area contributed by atoms with Crippen LogP contribution in [0.5, 0.6) is 0 Å². The molecule has 0 aliphatic carbocycles. The Morgan fingerprint density at radius 2 is 1.20 bits per heavy atom. The monoisotopic (exact) mass is 380 g/mol. The van der Waals surface area contributed by atoms with Gasteiger partial charge in [0.2, 0.25) is 0 Å². The fraction of sp³-hybridized carbons (Fsp3) is 0.368. The smallest absolute Gasteiger partial charge is 0.180 e. The van der Waals surface area contributed by atoms with Crippen LogP contribution in [0.25, 0.3) is 0 Å². The predicted molar refractivity (Wildman–Crippen MR) is 100 cm³/mol. The van der Waals surface area contributed by atoms with Crippen molar-refractivity contribution in [3.05, 3.63) is 59.7 Å². The Hall–Kier alpha value is -1.66. The summed E-state index contributed by atoms with van der Waals surface area (Å²) >= 11 is 0. The lowest BCUT2D eigenvalue weighted by atomic mass is 10.2. The van der Waals surface area contributed by atoms with E-state index < -0.39 is 24.9 Å². The number of benzene rings is 2. The van der Waals surface area contributed by atoms with Gasteiger partial charge in [0.25, 0.3) is 0 Å². The summed E-state index contributed by atoms with van der Waals surface area (Å²) in [6.45, 7) is 5.43. The van der Waals surface area contributed by atoms with Crippen molar-refractivity contribution in [2.24, 2.45) is 0 Å². The van der Waals surface area contributed by atoms with Crippen LogP contribution in [0.4, 0.5) is 0 Å². The van der Waals surface area contributed by atoms with Crippen LogP contribution in [0, 0.1) is 13.8 Å². The molecular formula is C19H24O4S2. The summed E-state index contributed by atoms with van der Waals surface area (Å²) in [5.41, 5.74) is 1.99. The number of hydrogen-bond acceptors (Lipinski definition) is 4. The highest BCUT2D eigenvalue weighted by Crippen LogP contribution is 2.21. The predicted octanol–water partition coefficient (Wildman–Crippen LogP) is 3.72. The molecule has 0 saturated carbocycles. The molecule has 1 unspecified atom stereocenters. The zero-order chi connectivity index (χ0) is 18.7. The van der Waals surface area contributed by atoms with E-state index in [4.69, 9.17) is 0 Å². The Labute approximate surface area is 150 Å². The number of rotatable bonds is 7. The molecule has 0 aromatic heterocycles. The van der Waals surface area contributed by atoms with Gasteiger partial charge in [-0.3, -0.25) is 0 Å². The maximum absolute atomic E-state index is 12.6. The van der Waals surface area contributed by atoms with Gasteiger partial charge in [0.15, 0.2) is 19.7 Å². The van der Waals surface area contributed by atoms with Gasteiger partial charge in [-0.1, -0.05) is 35.4 Å². The molecule has 4 nitrogen and oxygen atoms in total. The standard InChI is InChI=1S/C19H24O4S2/c1-15-6-10-18(11-7-15)24(20,21)14-4-5-17(3)25(22,23)19-12-8-16(2)9-13-19/h6-13,17H,4-5,14H2,1-3H3. The van der Waals surface area contributed by atoms with Crippen molar-refractivity contribution in [1.29, 1.82) is 0 Å². The summed E-state index contributed by atoms with van der Waals surface area (Å²) in [4.78, 5) is 0.569. The number of sulfone groups is 2. The van der Waals surface area contributed by atoms with E-state index in [9.17, 15) is 16.8 Å². The van der Waals surface area contributed by atoms with Crippen molar-refractivity contribution in [3.63, 3.8) is 0 Å². The SMILES string of the molecule is Cc1ccc(S(=O)(=O)CCCC(C)S(=O)(=O)c2ccc(C)cc2)cc1. The van der Waals surface area contributed by atoms with Crippen molar-refractivity contribution in [3.8, 4) is 0 Å². The van der Waals surface area contributed by atoms with Crippen LogP contribution in [0.15, 0.2) is 58.3 Å². The lowest BCUT2D eigenvalue weighted by molar-refractivity contribution is 0.570. The van der Waals surface area contributed by atoms with Crippen LogP contribution in [0.1, 0.15) is 30.9 Å². The van der Waals surface area contributed by atoms with Gasteiger partial charge in [-0.25, -0.2) is 16.8 Å². The van der Waals surface area contributed by atoms with Crippen LogP contribution in [0.3, 0.4) is 0 Å². The normalized spacial score (nSPS) is 13.6. The molecule has 1 atom stereocenters. The quantitative estimate of drug-likeness (QED) is 0.734. The van der Waals surface area contributed by atoms with Crippen LogP contribution < -0.4 is 0 Å². The van der Waals surface area contributed by atoms with Gasteiger partial charge in [0, 0.05) is 0 Å². The Kier molecular flexibility index (Phi) is 6.06. The van der Waals surface area contributed by atoms with E-state index in [1.54, 1.807) is 55.5 Å². The highest BCUT2D eigenvalue weighted by Gasteiger charge is 2.24. The minimum atomic E-state index is -3.44. The van der Waals surface area contributed by atoms with E-state index >= 15 is 0 Å². The van der Waals surface area contributed by atoms with E-state index in [1.807, 2.05) is 13.8 Å². The lowest BCUT2D eigenvalue weighted by Gasteiger charge is -2.13. The third-order valence-corrected chi connectivity index (χ3v) is 8.32. The largest absolute Gasteiger partial charge is 0.224 e. The molecule has 0 fully saturated rings. The summed E-state index contributed by atoms with van der Waals surface area (Å²) in [6, 6.07) is 13.4. The minimum absolute atomic E-state index is 0.0518. The van der Waals surface area contributed by atoms with Crippen molar-refractivity contribution < 1.29 is 16.8 Å². The van der Waals surface area contributed by atoms with Gasteiger partial charge in [0.1, 0.15) is 0 Å². The second kappa shape index (κ2) is 7.70. The van der Waals surface area contributed by atoms with Crippen molar-refractivity contribution in [1.82, 2.24) is 0 Å². The van der Waals surface area contributed by atoms with Crippen LogP contribution >= 0.6 is 0 Å². The molecular weight excluding hydrogens is 356 g/mol. The fourth-order valence-electron chi connectivity index (χ4n) is 2.54. The van der Waals surface area contributed by atoms with Crippen LogP contribution in [-0.4, -0.2) is 27.8 Å². The molecule has 25 heavy (non-hydrogen) atoms. The zero-order valence-corrected chi connectivity index (χ0v) is 16.4. The number of aryl methyl sites for hydroxylation is 2. The third-order valence-electron chi connectivity index (χ3n) is 4.28. The highest BCUT2D eigenvalue weighted by molar-refractivity contribution is 7.92. The van der Waals surface area contributed by atoms with Gasteiger partial charge in [-0.05, 0) is 57.9 Å². The Bertz CT molecular complexity index is 910. The van der Waals surface area contributed by atoms with Gasteiger partial charge in [-0.2, -0.15) is 0 Å². The average Bonchev–Trinajstić information content (AvgIpc) is 2.55. The first-order chi connectivity index (χ1) is 11.6. The molecule has 0 aliphatic heterocycles. The minimum Gasteiger partial charge on any atom is -0.224 e. The van der Waals surface area contributed by atoms with Gasteiger partial charge < -0.3 is 0 Å². The molecule has 0 saturated heterocycles. The summed E-state index contributed by atoms with van der Waals surface area (Å²) < 4.78 is 49.8. The Morgan fingerprint density at radius 3 is 1.68 bits per heavy atom. The topological polar surface area (TPSA) is 68.3 Å². The zero-order valence-electron chi connectivity index (χ0n) is 14.8. The molecule has 2 rings (SSSR count). The molecule has 2 aromatic rings. The average molecular weight is 381 g/mol. The second-order valence-electron chi connectivity index (χ2n) is 6.44.